The molecule has 0 radical (unpaired) electrons. The second kappa shape index (κ2) is 12.6. The van der Waals surface area contributed by atoms with Gasteiger partial charge in [-0.25, -0.2) is 0 Å². The van der Waals surface area contributed by atoms with Gasteiger partial charge in [-0.1, -0.05) is 90.5 Å². The van der Waals surface area contributed by atoms with Crippen LogP contribution in [0.4, 0.5) is 0 Å². The van der Waals surface area contributed by atoms with Gasteiger partial charge in [0, 0.05) is 24.3 Å². The zero-order valence-corrected chi connectivity index (χ0v) is 22.0. The molecule has 2 amide bonds. The third-order valence-corrected chi connectivity index (χ3v) is 6.57. The Kier molecular flexibility index (Phi) is 9.55. The summed E-state index contributed by atoms with van der Waals surface area (Å²) in [5, 5.41) is 3.11. The number of nitrogens with one attached hydrogen (secondary N) is 1. The fraction of sp³-hybridized carbons (Fsp3) is 0.333. The summed E-state index contributed by atoms with van der Waals surface area (Å²) < 4.78 is 0. The highest BCUT2D eigenvalue weighted by Gasteiger charge is 2.32. The van der Waals surface area contributed by atoms with Crippen molar-refractivity contribution >= 4 is 23.6 Å². The van der Waals surface area contributed by atoms with Crippen molar-refractivity contribution in [2.45, 2.75) is 58.0 Å². The molecule has 1 atom stereocenters. The lowest BCUT2D eigenvalue weighted by Gasteiger charge is -2.34. The molecule has 0 aliphatic heterocycles. The van der Waals surface area contributed by atoms with Gasteiger partial charge in [-0.05, 0) is 44.4 Å². The number of aryl methyl sites for hydroxylation is 1. The summed E-state index contributed by atoms with van der Waals surface area (Å²) in [4.78, 5) is 28.9. The molecule has 3 aromatic rings. The van der Waals surface area contributed by atoms with Crippen LogP contribution in [0.5, 0.6) is 0 Å². The van der Waals surface area contributed by atoms with Crippen molar-refractivity contribution in [3.63, 3.8) is 0 Å². The molecule has 0 bridgehead atoms. The fourth-order valence-corrected chi connectivity index (χ4v) is 4.68. The molecule has 4 nitrogen and oxygen atoms in total. The van der Waals surface area contributed by atoms with Crippen LogP contribution in [0.3, 0.4) is 0 Å². The van der Waals surface area contributed by atoms with Crippen molar-refractivity contribution in [1.82, 2.24) is 10.2 Å². The van der Waals surface area contributed by atoms with E-state index in [2.05, 4.69) is 36.5 Å². The predicted molar refractivity (Wildman–Crippen MR) is 146 cm³/mol. The number of carbonyl (C=O) groups is 2. The van der Waals surface area contributed by atoms with E-state index in [1.54, 1.807) is 16.7 Å². The van der Waals surface area contributed by atoms with Gasteiger partial charge < -0.3 is 10.2 Å². The molecule has 3 aromatic carbocycles. The van der Waals surface area contributed by atoms with Gasteiger partial charge in [0.1, 0.15) is 6.04 Å². The van der Waals surface area contributed by atoms with Crippen LogP contribution in [-0.4, -0.2) is 34.0 Å². The van der Waals surface area contributed by atoms with E-state index in [-0.39, 0.29) is 11.8 Å². The topological polar surface area (TPSA) is 49.4 Å². The Balaban J connectivity index is 1.83. The normalized spacial score (nSPS) is 12.1. The molecule has 0 heterocycles. The number of rotatable bonds is 10. The van der Waals surface area contributed by atoms with Crippen molar-refractivity contribution in [2.75, 3.05) is 5.75 Å². The third-order valence-electron chi connectivity index (χ3n) is 5.58. The lowest BCUT2D eigenvalue weighted by molar-refractivity contribution is -0.140. The van der Waals surface area contributed by atoms with Crippen molar-refractivity contribution in [3.05, 3.63) is 107 Å². The van der Waals surface area contributed by atoms with Crippen LogP contribution in [0.1, 0.15) is 43.0 Å². The first-order chi connectivity index (χ1) is 16.7. The second-order valence-corrected chi connectivity index (χ2v) is 10.9. The Morgan fingerprint density at radius 3 is 1.97 bits per heavy atom. The van der Waals surface area contributed by atoms with E-state index in [1.807, 2.05) is 81.4 Å². The smallest absolute Gasteiger partial charge is 0.243 e. The average Bonchev–Trinajstić information content (AvgIpc) is 2.82. The maximum Gasteiger partial charge on any atom is 0.243 e. The van der Waals surface area contributed by atoms with Gasteiger partial charge in [0.05, 0.1) is 5.75 Å². The lowest BCUT2D eigenvalue weighted by atomic mass is 10.0. The van der Waals surface area contributed by atoms with Gasteiger partial charge >= 0.3 is 0 Å². The molecule has 0 aliphatic rings. The van der Waals surface area contributed by atoms with Crippen LogP contribution in [0.2, 0.25) is 0 Å². The first-order valence-electron chi connectivity index (χ1n) is 12.0. The third kappa shape index (κ3) is 8.91. The highest BCUT2D eigenvalue weighted by Crippen LogP contribution is 2.19. The van der Waals surface area contributed by atoms with E-state index < -0.39 is 11.6 Å². The fourth-order valence-electron chi connectivity index (χ4n) is 3.81. The van der Waals surface area contributed by atoms with Crippen molar-refractivity contribution in [2.24, 2.45) is 0 Å². The number of amides is 2. The molecule has 3 rings (SSSR count). The molecule has 184 valence electrons. The minimum Gasteiger partial charge on any atom is -0.350 e. The van der Waals surface area contributed by atoms with E-state index in [9.17, 15) is 9.59 Å². The molecular weight excluding hydrogens is 452 g/mol. The Morgan fingerprint density at radius 2 is 1.40 bits per heavy atom. The first kappa shape index (κ1) is 26.6. The number of thioether (sulfide) groups is 1. The molecule has 0 aliphatic carbocycles. The van der Waals surface area contributed by atoms with Gasteiger partial charge in [0.15, 0.2) is 0 Å². The Bertz CT molecular complexity index is 1080. The van der Waals surface area contributed by atoms with Gasteiger partial charge in [0.25, 0.3) is 0 Å². The van der Waals surface area contributed by atoms with Crippen LogP contribution >= 0.6 is 11.8 Å². The Morgan fingerprint density at radius 1 is 0.829 bits per heavy atom. The summed E-state index contributed by atoms with van der Waals surface area (Å²) >= 11 is 1.58. The van der Waals surface area contributed by atoms with Gasteiger partial charge in [-0.15, -0.1) is 11.8 Å². The van der Waals surface area contributed by atoms with Crippen LogP contribution in [0.25, 0.3) is 0 Å². The maximum absolute atomic E-state index is 13.6. The van der Waals surface area contributed by atoms with Gasteiger partial charge in [0.2, 0.25) is 11.8 Å². The molecule has 0 saturated carbocycles. The summed E-state index contributed by atoms with van der Waals surface area (Å²) in [7, 11) is 0. The monoisotopic (exact) mass is 488 g/mol. The number of hydrogen-bond donors (Lipinski definition) is 1. The van der Waals surface area contributed by atoms with E-state index in [1.165, 1.54) is 11.1 Å². The summed E-state index contributed by atoms with van der Waals surface area (Å²) in [5.74, 6) is 0.905. The number of benzene rings is 3. The van der Waals surface area contributed by atoms with Gasteiger partial charge in [-0.3, -0.25) is 9.59 Å². The van der Waals surface area contributed by atoms with Crippen LogP contribution in [0.15, 0.2) is 84.9 Å². The molecule has 35 heavy (non-hydrogen) atoms. The van der Waals surface area contributed by atoms with Gasteiger partial charge in [-0.2, -0.15) is 0 Å². The summed E-state index contributed by atoms with van der Waals surface area (Å²) in [6, 6.07) is 27.6. The SMILES string of the molecule is Cc1ccc(CSCC(=O)N(Cc2ccccc2)[C@@H](Cc2ccccc2)C(=O)NC(C)(C)C)cc1. The predicted octanol–water partition coefficient (Wildman–Crippen LogP) is 5.78. The molecule has 0 saturated heterocycles. The van der Waals surface area contributed by atoms with Crippen LogP contribution in [0, 0.1) is 6.92 Å². The molecule has 0 fully saturated rings. The zero-order valence-electron chi connectivity index (χ0n) is 21.2. The Hall–Kier alpha value is -3.05. The van der Waals surface area contributed by atoms with Crippen molar-refractivity contribution in [1.29, 1.82) is 0 Å². The summed E-state index contributed by atoms with van der Waals surface area (Å²) in [6.45, 7) is 8.35. The van der Waals surface area contributed by atoms with Crippen molar-refractivity contribution < 1.29 is 9.59 Å². The van der Waals surface area contributed by atoms with E-state index in [0.717, 1.165) is 16.9 Å². The summed E-state index contributed by atoms with van der Waals surface area (Å²) in [6.07, 6.45) is 0.462. The molecule has 1 N–H and O–H groups in total. The van der Waals surface area contributed by atoms with E-state index in [0.29, 0.717) is 18.7 Å². The minimum absolute atomic E-state index is 0.0315. The average molecular weight is 489 g/mol. The summed E-state index contributed by atoms with van der Waals surface area (Å²) in [5.41, 5.74) is 4.05. The second-order valence-electron chi connectivity index (χ2n) is 9.93. The largest absolute Gasteiger partial charge is 0.350 e. The van der Waals surface area contributed by atoms with Crippen molar-refractivity contribution in [3.8, 4) is 0 Å². The first-order valence-corrected chi connectivity index (χ1v) is 13.2. The zero-order chi connectivity index (χ0) is 25.3. The van der Waals surface area contributed by atoms with E-state index in [4.69, 9.17) is 0 Å². The standard InChI is InChI=1S/C30H36N2O2S/c1-23-15-17-26(18-16-23)21-35-22-28(33)32(20-25-13-9-6-10-14-25)27(29(34)31-30(2,3)4)19-24-11-7-5-8-12-24/h5-18,27H,19-22H2,1-4H3,(H,31,34)/t27-/m0/s1. The number of nitrogens with zero attached hydrogens (tertiary/aromatic N) is 1. The maximum atomic E-state index is 13.6. The lowest BCUT2D eigenvalue weighted by Crippen LogP contribution is -2.54. The van der Waals surface area contributed by atoms with Crippen LogP contribution in [-0.2, 0) is 28.3 Å². The quantitative estimate of drug-likeness (QED) is 0.393. The van der Waals surface area contributed by atoms with E-state index >= 15 is 0 Å². The molecule has 0 spiro atoms. The Labute approximate surface area is 214 Å². The number of hydrogen-bond acceptors (Lipinski definition) is 3. The minimum atomic E-state index is -0.607. The molecule has 0 aromatic heterocycles. The molecule has 5 heteroatoms. The molecular formula is C30H36N2O2S. The highest BCUT2D eigenvalue weighted by atomic mass is 32.2. The highest BCUT2D eigenvalue weighted by molar-refractivity contribution is 7.99. The number of carbonyl (C=O) groups excluding carboxylic acids is 2. The van der Waals surface area contributed by atoms with Crippen LogP contribution < -0.4 is 5.32 Å². The molecule has 0 unspecified atom stereocenters.